The summed E-state index contributed by atoms with van der Waals surface area (Å²) in [4.78, 5) is 26.1. The molecule has 1 saturated heterocycles. The Labute approximate surface area is 186 Å². The first kappa shape index (κ1) is 20.4. The number of carboxylic acid groups (broad SMARTS) is 1. The first-order valence-corrected chi connectivity index (χ1v) is 10.4. The summed E-state index contributed by atoms with van der Waals surface area (Å²) in [5, 5.41) is 12.4. The fourth-order valence-electron chi connectivity index (χ4n) is 3.09. The molecule has 150 valence electrons. The highest BCUT2D eigenvalue weighted by Gasteiger charge is 2.38. The van der Waals surface area contributed by atoms with Crippen LogP contribution in [-0.2, 0) is 9.59 Å². The molecule has 2 aromatic carbocycles. The average molecular weight is 455 g/mol. The van der Waals surface area contributed by atoms with E-state index in [2.05, 4.69) is 0 Å². The summed E-state index contributed by atoms with van der Waals surface area (Å²) in [5.41, 5.74) is 1.14. The molecule has 1 fully saturated rings. The molecule has 0 spiro atoms. The number of furan rings is 1. The van der Waals surface area contributed by atoms with Gasteiger partial charge < -0.3 is 14.3 Å². The molecular weight excluding hydrogens is 442 g/mol. The van der Waals surface area contributed by atoms with E-state index >= 15 is 0 Å². The van der Waals surface area contributed by atoms with Crippen molar-refractivity contribution in [1.29, 1.82) is 0 Å². The number of thiocarbonyl (C=S) groups is 1. The van der Waals surface area contributed by atoms with Crippen molar-refractivity contribution in [1.82, 2.24) is 4.90 Å². The van der Waals surface area contributed by atoms with Gasteiger partial charge in [0.1, 0.15) is 21.9 Å². The highest BCUT2D eigenvalue weighted by Crippen LogP contribution is 2.39. The summed E-state index contributed by atoms with van der Waals surface area (Å²) in [6.07, 6.45) is 1.54. The van der Waals surface area contributed by atoms with Gasteiger partial charge in [-0.3, -0.25) is 9.69 Å². The van der Waals surface area contributed by atoms with Crippen LogP contribution in [0.4, 0.5) is 0 Å². The van der Waals surface area contributed by atoms with Crippen molar-refractivity contribution in [3.63, 3.8) is 0 Å². The molecule has 4 rings (SSSR count). The minimum atomic E-state index is -1.40. The number of amides is 1. The van der Waals surface area contributed by atoms with Gasteiger partial charge in [0.15, 0.2) is 0 Å². The molecule has 0 bridgehead atoms. The first-order chi connectivity index (χ1) is 14.5. The number of nitrogens with zero attached hydrogens (tertiary/aromatic N) is 1. The van der Waals surface area contributed by atoms with E-state index in [4.69, 9.17) is 28.2 Å². The third kappa shape index (κ3) is 3.92. The molecule has 30 heavy (non-hydrogen) atoms. The molecule has 0 unspecified atom stereocenters. The zero-order chi connectivity index (χ0) is 21.3. The third-order valence-electron chi connectivity index (χ3n) is 4.46. The van der Waals surface area contributed by atoms with Crippen LogP contribution in [-0.4, -0.2) is 21.1 Å². The maximum absolute atomic E-state index is 13.0. The Morgan fingerprint density at radius 1 is 1.10 bits per heavy atom. The Hall–Kier alpha value is -2.87. The van der Waals surface area contributed by atoms with Crippen LogP contribution in [0.25, 0.3) is 17.4 Å². The van der Waals surface area contributed by atoms with Gasteiger partial charge in [0.05, 0.1) is 15.9 Å². The number of hydrogen-bond acceptors (Lipinski definition) is 6. The number of carbonyl (C=O) groups is 2. The van der Waals surface area contributed by atoms with Crippen molar-refractivity contribution in [2.75, 3.05) is 0 Å². The zero-order valence-electron chi connectivity index (χ0n) is 15.3. The number of thioether (sulfide) groups is 1. The van der Waals surface area contributed by atoms with Crippen LogP contribution >= 0.6 is 35.6 Å². The Balaban J connectivity index is 1.64. The lowest BCUT2D eigenvalue weighted by Crippen LogP contribution is -2.43. The van der Waals surface area contributed by atoms with Crippen molar-refractivity contribution in [2.45, 2.75) is 6.04 Å². The molecular formula is C22H13ClNO4S2-. The predicted octanol–water partition coefficient (Wildman–Crippen LogP) is 4.29. The second-order valence-corrected chi connectivity index (χ2v) is 8.45. The van der Waals surface area contributed by atoms with E-state index in [1.807, 2.05) is 18.2 Å². The van der Waals surface area contributed by atoms with Crippen LogP contribution in [0.2, 0.25) is 5.02 Å². The second-order valence-electron chi connectivity index (χ2n) is 6.37. The SMILES string of the molecule is O=C([O-])[C@H](c1ccccc1)N1C(=O)/C(=C\c2ccc(-c3ccccc3Cl)o2)SC1=S. The standard InChI is InChI=1S/C22H14ClNO4S2/c23-16-9-5-4-8-15(16)17-11-10-14(28-17)12-18-20(25)24(22(29)30-18)19(21(26)27)13-6-2-1-3-7-13/h1-12,19H,(H,26,27)/p-1/b18-12+/t19-/m0/s1. The molecule has 3 aromatic rings. The van der Waals surface area contributed by atoms with Gasteiger partial charge in [0.25, 0.3) is 5.91 Å². The number of hydrogen-bond donors (Lipinski definition) is 0. The fraction of sp³-hybridized carbons (Fsp3) is 0.0455. The zero-order valence-corrected chi connectivity index (χ0v) is 17.7. The van der Waals surface area contributed by atoms with Crippen LogP contribution in [0.1, 0.15) is 17.4 Å². The Bertz CT molecular complexity index is 1170. The molecule has 0 saturated carbocycles. The molecule has 0 aliphatic carbocycles. The first-order valence-electron chi connectivity index (χ1n) is 8.83. The van der Waals surface area contributed by atoms with E-state index < -0.39 is 17.9 Å². The molecule has 0 radical (unpaired) electrons. The lowest BCUT2D eigenvalue weighted by Gasteiger charge is -2.27. The highest BCUT2D eigenvalue weighted by molar-refractivity contribution is 8.26. The Kier molecular flexibility index (Phi) is 5.76. The highest BCUT2D eigenvalue weighted by atomic mass is 35.5. The molecule has 0 N–H and O–H groups in total. The summed E-state index contributed by atoms with van der Waals surface area (Å²) in [5.74, 6) is -0.939. The topological polar surface area (TPSA) is 73.6 Å². The van der Waals surface area contributed by atoms with Crippen LogP contribution in [0, 0.1) is 0 Å². The van der Waals surface area contributed by atoms with E-state index in [-0.39, 0.29) is 9.23 Å². The van der Waals surface area contributed by atoms with Gasteiger partial charge in [-0.1, -0.05) is 78.0 Å². The lowest BCUT2D eigenvalue weighted by molar-refractivity contribution is -0.310. The second kappa shape index (κ2) is 8.47. The van der Waals surface area contributed by atoms with E-state index in [0.717, 1.165) is 22.2 Å². The monoisotopic (exact) mass is 454 g/mol. The van der Waals surface area contributed by atoms with Gasteiger partial charge in [-0.15, -0.1) is 0 Å². The maximum Gasteiger partial charge on any atom is 0.267 e. The number of halogens is 1. The van der Waals surface area contributed by atoms with E-state index in [1.54, 1.807) is 48.5 Å². The predicted molar refractivity (Wildman–Crippen MR) is 118 cm³/mol. The van der Waals surface area contributed by atoms with Crippen molar-refractivity contribution in [2.24, 2.45) is 0 Å². The molecule has 1 atom stereocenters. The van der Waals surface area contributed by atoms with Gasteiger partial charge in [0, 0.05) is 11.6 Å². The maximum atomic E-state index is 13.0. The summed E-state index contributed by atoms with van der Waals surface area (Å²) in [7, 11) is 0. The molecule has 1 amide bonds. The smallest absolute Gasteiger partial charge is 0.267 e. The molecule has 1 aliphatic rings. The Morgan fingerprint density at radius 2 is 1.80 bits per heavy atom. The quantitative estimate of drug-likeness (QED) is 0.423. The van der Waals surface area contributed by atoms with Crippen molar-refractivity contribution >= 4 is 57.9 Å². The van der Waals surface area contributed by atoms with Gasteiger partial charge in [-0.05, 0) is 29.8 Å². The summed E-state index contributed by atoms with van der Waals surface area (Å²) < 4.78 is 5.95. The Morgan fingerprint density at radius 3 is 2.50 bits per heavy atom. The minimum absolute atomic E-state index is 0.141. The summed E-state index contributed by atoms with van der Waals surface area (Å²) in [6.45, 7) is 0. The van der Waals surface area contributed by atoms with Gasteiger partial charge in [0.2, 0.25) is 0 Å². The van der Waals surface area contributed by atoms with Crippen LogP contribution < -0.4 is 5.11 Å². The van der Waals surface area contributed by atoms with Crippen LogP contribution in [0.15, 0.2) is 76.1 Å². The number of rotatable bonds is 5. The molecule has 1 aliphatic heterocycles. The van der Waals surface area contributed by atoms with Crippen molar-refractivity contribution in [3.05, 3.63) is 88.0 Å². The van der Waals surface area contributed by atoms with Gasteiger partial charge in [-0.2, -0.15) is 0 Å². The van der Waals surface area contributed by atoms with Crippen LogP contribution in [0.5, 0.6) is 0 Å². The number of benzene rings is 2. The largest absolute Gasteiger partial charge is 0.547 e. The normalized spacial score (nSPS) is 16.3. The number of aliphatic carboxylic acids is 1. The summed E-state index contributed by atoms with van der Waals surface area (Å²) >= 11 is 12.5. The summed E-state index contributed by atoms with van der Waals surface area (Å²) in [6, 6.07) is 17.8. The molecule has 1 aromatic heterocycles. The van der Waals surface area contributed by atoms with E-state index in [9.17, 15) is 14.7 Å². The molecule has 5 nitrogen and oxygen atoms in total. The molecule has 8 heteroatoms. The van der Waals surface area contributed by atoms with Gasteiger partial charge in [-0.25, -0.2) is 0 Å². The third-order valence-corrected chi connectivity index (χ3v) is 6.12. The van der Waals surface area contributed by atoms with Crippen molar-refractivity contribution in [3.8, 4) is 11.3 Å². The fourth-order valence-corrected chi connectivity index (χ4v) is 4.62. The van der Waals surface area contributed by atoms with Gasteiger partial charge >= 0.3 is 0 Å². The van der Waals surface area contributed by atoms with E-state index in [0.29, 0.717) is 22.1 Å². The minimum Gasteiger partial charge on any atom is -0.547 e. The molecule has 2 heterocycles. The van der Waals surface area contributed by atoms with Crippen LogP contribution in [0.3, 0.4) is 0 Å². The number of carbonyl (C=O) groups excluding carboxylic acids is 2. The van der Waals surface area contributed by atoms with Crippen molar-refractivity contribution < 1.29 is 19.1 Å². The lowest BCUT2D eigenvalue weighted by atomic mass is 10.1. The van der Waals surface area contributed by atoms with E-state index in [1.165, 1.54) is 6.08 Å². The average Bonchev–Trinajstić information content (AvgIpc) is 3.29. The number of carboxylic acids is 1.